The van der Waals surface area contributed by atoms with Crippen LogP contribution in [-0.4, -0.2) is 12.2 Å². The van der Waals surface area contributed by atoms with E-state index in [-0.39, 0.29) is 59.9 Å². The van der Waals surface area contributed by atoms with Gasteiger partial charge in [0, 0.05) is 27.6 Å². The second-order valence-electron chi connectivity index (χ2n) is 30.2. The summed E-state index contributed by atoms with van der Waals surface area (Å²) in [6, 6.07) is 184. The molecule has 0 aliphatic carbocycles. The van der Waals surface area contributed by atoms with E-state index in [1.165, 1.54) is 101 Å². The molecule has 125 heavy (non-hydrogen) atoms. The lowest BCUT2D eigenvalue weighted by molar-refractivity contribution is 0.414. The summed E-state index contributed by atoms with van der Waals surface area (Å²) in [6.07, 6.45) is 0. The van der Waals surface area contributed by atoms with E-state index in [2.05, 4.69) is 501 Å². The van der Waals surface area contributed by atoms with Crippen molar-refractivity contribution in [3.05, 3.63) is 550 Å². The number of hydrogen-bond donors (Lipinski definition) is 1. The molecule has 0 fully saturated rings. The highest BCUT2D eigenvalue weighted by Crippen LogP contribution is 2.38. The van der Waals surface area contributed by atoms with Crippen LogP contribution in [0.3, 0.4) is 0 Å². The number of aromatic hydroxyl groups is 1. The van der Waals surface area contributed by atoms with Gasteiger partial charge in [0.25, 0.3) is 0 Å². The summed E-state index contributed by atoms with van der Waals surface area (Å²) in [5.74, 6) is 4.67. The summed E-state index contributed by atoms with van der Waals surface area (Å²) in [5.41, 5.74) is 7.20. The molecule has 0 bridgehead atoms. The molecule has 18 rings (SSSR count). The molecule has 0 heterocycles. The predicted molar refractivity (Wildman–Crippen MR) is 537 cm³/mol. The number of ether oxygens (including phenoxy) is 1. The Labute approximate surface area is 760 Å². The van der Waals surface area contributed by atoms with Crippen LogP contribution in [0.2, 0.25) is 0 Å². The van der Waals surface area contributed by atoms with Gasteiger partial charge in [0.2, 0.25) is 0 Å². The molecular formula is C117H108O2S6+6. The van der Waals surface area contributed by atoms with Crippen molar-refractivity contribution in [1.29, 1.82) is 0 Å². The molecular weight excluding hydrogens is 1630 g/mol. The monoisotopic (exact) mass is 1740 g/mol. The second kappa shape index (κ2) is 48.6. The molecule has 18 aromatic carbocycles. The first-order chi connectivity index (χ1) is 61.5. The van der Waals surface area contributed by atoms with Crippen LogP contribution < -0.4 is 4.74 Å². The lowest BCUT2D eigenvalue weighted by Gasteiger charge is -2.19. The van der Waals surface area contributed by atoms with Gasteiger partial charge in [0.15, 0.2) is 73.4 Å². The summed E-state index contributed by atoms with van der Waals surface area (Å²) in [6.45, 7) is 8.91. The highest BCUT2D eigenvalue weighted by Gasteiger charge is 2.34. The maximum atomic E-state index is 9.48. The largest absolute Gasteiger partial charge is 0.508 e. The lowest BCUT2D eigenvalue weighted by Crippen LogP contribution is -2.12. The van der Waals surface area contributed by atoms with E-state index in [0.29, 0.717) is 16.6 Å². The first kappa shape index (κ1) is 90.4. The SMILES string of the molecule is CC(C)(C)c1ccc([S+](c2ccccc2)c2ccccc2)cc1.COc1ccc([S+](c2ccccc2)c2ccccc2)cc1.Cc1ccc([S+](c2ccccc2)c2ccccc2)cc1.Oc1ccc([S+](c2ccccc2)c2ccccc2)cc1.c1ccc(C[S+](Cc2ccccc2)Cc2ccccc2)cc1.c1ccc([S+](c2ccccc2)c2ccccc2)cc1. The molecule has 1 N–H and O–H groups in total. The molecule has 0 amide bonds. The van der Waals surface area contributed by atoms with Gasteiger partial charge in [0.05, 0.1) is 61.6 Å². The van der Waals surface area contributed by atoms with E-state index in [1.807, 2.05) is 36.4 Å². The minimum absolute atomic E-state index is 0.0146. The molecule has 8 heteroatoms. The van der Waals surface area contributed by atoms with Gasteiger partial charge in [-0.3, -0.25) is 0 Å². The van der Waals surface area contributed by atoms with Crippen LogP contribution >= 0.6 is 0 Å². The predicted octanol–water partition coefficient (Wildman–Crippen LogP) is 30.4. The Hall–Kier alpha value is -12.3. The number of methoxy groups -OCH3 is 1. The highest BCUT2D eigenvalue weighted by atomic mass is 32.2. The first-order valence-corrected chi connectivity index (χ1v) is 50.0. The Morgan fingerprint density at radius 1 is 0.200 bits per heavy atom. The van der Waals surface area contributed by atoms with Crippen molar-refractivity contribution in [3.63, 3.8) is 0 Å². The van der Waals surface area contributed by atoms with Gasteiger partial charge in [0.1, 0.15) is 28.8 Å². The molecule has 0 unspecified atom stereocenters. The van der Waals surface area contributed by atoms with Crippen LogP contribution in [0.25, 0.3) is 0 Å². The van der Waals surface area contributed by atoms with Crippen molar-refractivity contribution < 1.29 is 9.84 Å². The van der Waals surface area contributed by atoms with Gasteiger partial charge in [-0.1, -0.05) is 342 Å². The number of phenols is 1. The summed E-state index contributed by atoms with van der Waals surface area (Å²) in [5, 5.41) is 9.48. The van der Waals surface area contributed by atoms with Crippen LogP contribution in [-0.2, 0) is 88.0 Å². The van der Waals surface area contributed by atoms with Crippen molar-refractivity contribution in [2.24, 2.45) is 0 Å². The highest BCUT2D eigenvalue weighted by molar-refractivity contribution is 7.98. The third-order valence-corrected chi connectivity index (χ3v) is 33.4. The maximum Gasteiger partial charge on any atom is 0.166 e. The van der Waals surface area contributed by atoms with E-state index < -0.39 is 0 Å². The van der Waals surface area contributed by atoms with E-state index in [9.17, 15) is 5.11 Å². The zero-order valence-corrected chi connectivity index (χ0v) is 76.5. The number of rotatable bonds is 22. The molecule has 0 saturated heterocycles. The first-order valence-electron chi connectivity index (χ1n) is 42.1. The Morgan fingerprint density at radius 3 is 0.544 bits per heavy atom. The van der Waals surface area contributed by atoms with E-state index in [0.717, 1.165) is 23.0 Å². The fourth-order valence-corrected chi connectivity index (χ4v) is 26.5. The Bertz CT molecular complexity index is 5490. The van der Waals surface area contributed by atoms with Crippen LogP contribution in [0.5, 0.6) is 11.5 Å². The lowest BCUT2D eigenvalue weighted by atomic mass is 9.87. The average Bonchev–Trinajstić information content (AvgIpc) is 0.694. The summed E-state index contributed by atoms with van der Waals surface area (Å²) in [4.78, 5) is 20.0. The molecule has 618 valence electrons. The smallest absolute Gasteiger partial charge is 0.166 e. The number of benzene rings is 18. The molecule has 0 aliphatic heterocycles. The molecule has 0 aromatic heterocycles. The summed E-state index contributed by atoms with van der Waals surface area (Å²) >= 11 is 0. The van der Waals surface area contributed by atoms with Crippen LogP contribution in [0.15, 0.2) is 595 Å². The quantitative estimate of drug-likeness (QED) is 0.0685. The summed E-state index contributed by atoms with van der Waals surface area (Å²) in [7, 11) is 1.72. The molecule has 0 aliphatic rings. The van der Waals surface area contributed by atoms with Crippen molar-refractivity contribution in [1.82, 2.24) is 0 Å². The van der Waals surface area contributed by atoms with Crippen molar-refractivity contribution in [2.75, 3.05) is 7.11 Å². The van der Waals surface area contributed by atoms with Crippen LogP contribution in [0, 0.1) is 6.92 Å². The second-order valence-corrected chi connectivity index (χ2v) is 42.5. The minimum atomic E-state index is -0.134. The number of phenolic OH excluding ortho intramolecular Hbond substituents is 1. The summed E-state index contributed by atoms with van der Waals surface area (Å²) < 4.78 is 5.26. The molecule has 18 aromatic rings. The van der Waals surface area contributed by atoms with Crippen molar-refractivity contribution in [3.8, 4) is 11.5 Å². The fraction of sp³-hybridized carbons (Fsp3) is 0.0769. The van der Waals surface area contributed by atoms with Crippen LogP contribution in [0.1, 0.15) is 48.6 Å². The van der Waals surface area contributed by atoms with Gasteiger partial charge in [-0.2, -0.15) is 0 Å². The van der Waals surface area contributed by atoms with Gasteiger partial charge >= 0.3 is 0 Å². The zero-order chi connectivity index (χ0) is 86.3. The topological polar surface area (TPSA) is 29.5 Å². The Balaban J connectivity index is 0.000000129. The van der Waals surface area contributed by atoms with E-state index >= 15 is 0 Å². The van der Waals surface area contributed by atoms with Crippen molar-refractivity contribution in [2.45, 2.75) is 124 Å². The normalized spacial score (nSPS) is 10.8. The zero-order valence-electron chi connectivity index (χ0n) is 71.6. The number of hydrogen-bond acceptors (Lipinski definition) is 2. The Kier molecular flexibility index (Phi) is 35.2. The van der Waals surface area contributed by atoms with E-state index in [4.69, 9.17) is 4.74 Å². The molecule has 0 radical (unpaired) electrons. The molecule has 2 nitrogen and oxygen atoms in total. The molecule has 0 atom stereocenters. The van der Waals surface area contributed by atoms with Crippen molar-refractivity contribution >= 4 is 65.4 Å². The third kappa shape index (κ3) is 27.8. The van der Waals surface area contributed by atoms with Gasteiger partial charge < -0.3 is 9.84 Å². The van der Waals surface area contributed by atoms with Gasteiger partial charge in [-0.25, -0.2) is 0 Å². The number of aryl methyl sites for hydroxylation is 1. The maximum absolute atomic E-state index is 9.48. The van der Waals surface area contributed by atoms with E-state index in [1.54, 1.807) is 19.2 Å². The Morgan fingerprint density at radius 2 is 0.360 bits per heavy atom. The van der Waals surface area contributed by atoms with Gasteiger partial charge in [-0.15, -0.1) is 0 Å². The minimum Gasteiger partial charge on any atom is -0.508 e. The van der Waals surface area contributed by atoms with Crippen LogP contribution in [0.4, 0.5) is 0 Å². The standard InChI is InChI=1S/C22H23S.C21H21S.C19H17OS.C19H17S.C18H14OS.C18H15S/c1-22(2,3)18-14-16-21(17-15-18)23(19-10-6-4-7-11-19)20-12-8-5-9-13-20;1-4-10-19(11-5-1)16-22(17-20-12-6-2-7-13-20)18-21-14-8-3-9-15-21;1-20-16-12-14-19(15-13-16)21(17-8-4-2-5-9-17)18-10-6-3-7-11-18;1-16-12-14-19(15-13-16)20(17-8-4-2-5-9-17)18-10-6-3-7-11-18;19-15-11-13-18(14-12-15)20(16-7-3-1-4-8-16)17-9-5-2-6-10-17;1-4-10-16(11-5-1)19(17-12-6-2-7-13-17)18-14-8-3-9-15-18/h4-17H,1-3H3;1-15H,16-18H2;2-15H,1H3;2-15H,1H3;1-14H;1-15H/q4*+1;;+1/p+1. The third-order valence-electron chi connectivity index (χ3n) is 20.0. The fourth-order valence-electron chi connectivity index (χ4n) is 13.8. The average molecular weight is 1740 g/mol. The molecule has 0 saturated carbocycles. The van der Waals surface area contributed by atoms with Gasteiger partial charge in [-0.05, 0) is 224 Å². The molecule has 0 spiro atoms.